The molecule has 104 valence electrons. The molecule has 0 aromatic heterocycles. The number of ether oxygens (including phenoxy) is 1. The van der Waals surface area contributed by atoms with Gasteiger partial charge < -0.3 is 20.5 Å². The Labute approximate surface area is 113 Å². The third kappa shape index (κ3) is 3.24. The van der Waals surface area contributed by atoms with Gasteiger partial charge in [-0.05, 0) is 43.7 Å². The van der Waals surface area contributed by atoms with E-state index < -0.39 is 6.10 Å². The fraction of sp³-hybridized carbons (Fsp3) is 0.500. The topological polar surface area (TPSA) is 70.6 Å². The first-order valence-electron chi connectivity index (χ1n) is 6.46. The maximum absolute atomic E-state index is 12.2. The van der Waals surface area contributed by atoms with Gasteiger partial charge in [0, 0.05) is 12.1 Å². The molecular weight excluding hydrogens is 244 g/mol. The Kier molecular flexibility index (Phi) is 4.39. The summed E-state index contributed by atoms with van der Waals surface area (Å²) in [4.78, 5) is 12.2. The highest BCUT2D eigenvalue weighted by Crippen LogP contribution is 2.17. The number of methoxy groups -OCH3 is 1. The molecule has 0 unspecified atom stereocenters. The van der Waals surface area contributed by atoms with Crippen molar-refractivity contribution in [2.24, 2.45) is 0 Å². The number of hydrogen-bond donors (Lipinski definition) is 3. The summed E-state index contributed by atoms with van der Waals surface area (Å²) in [6, 6.07) is 5.15. The summed E-state index contributed by atoms with van der Waals surface area (Å²) in [5, 5.41) is 15.8. The van der Waals surface area contributed by atoms with Crippen LogP contribution in [0.1, 0.15) is 22.3 Å². The van der Waals surface area contributed by atoms with Crippen LogP contribution in [0.25, 0.3) is 0 Å². The van der Waals surface area contributed by atoms with E-state index in [1.54, 1.807) is 19.2 Å². The summed E-state index contributed by atoms with van der Waals surface area (Å²) >= 11 is 0. The second-order valence-electron chi connectivity index (χ2n) is 4.82. The summed E-state index contributed by atoms with van der Waals surface area (Å²) in [7, 11) is 1.60. The number of amides is 1. The molecule has 0 aliphatic carbocycles. The molecule has 1 aliphatic rings. The summed E-state index contributed by atoms with van der Waals surface area (Å²) in [6.07, 6.45) is 0.207. The molecular formula is C14H20N2O3. The van der Waals surface area contributed by atoms with Crippen LogP contribution >= 0.6 is 0 Å². The molecule has 1 saturated heterocycles. The monoisotopic (exact) mass is 264 g/mol. The van der Waals surface area contributed by atoms with Gasteiger partial charge in [-0.15, -0.1) is 0 Å². The van der Waals surface area contributed by atoms with Gasteiger partial charge in [-0.1, -0.05) is 0 Å². The lowest BCUT2D eigenvalue weighted by Crippen LogP contribution is -2.52. The standard InChI is InChI=1S/C14H20N2O3/c1-9-7-10(19-2)3-4-11(9)14(18)16-12-5-6-15-8-13(12)17/h3-4,7,12-13,15,17H,5-6,8H2,1-2H3,(H,16,18)/t12-,13-/m1/s1. The lowest BCUT2D eigenvalue weighted by molar-refractivity contribution is 0.0765. The molecule has 0 radical (unpaired) electrons. The van der Waals surface area contributed by atoms with E-state index >= 15 is 0 Å². The van der Waals surface area contributed by atoms with Gasteiger partial charge in [0.1, 0.15) is 5.75 Å². The molecule has 2 rings (SSSR count). The molecule has 0 saturated carbocycles. The lowest BCUT2D eigenvalue weighted by Gasteiger charge is -2.29. The highest BCUT2D eigenvalue weighted by atomic mass is 16.5. The van der Waals surface area contributed by atoms with Crippen LogP contribution in [0.3, 0.4) is 0 Å². The summed E-state index contributed by atoms with van der Waals surface area (Å²) < 4.78 is 5.12. The number of aliphatic hydroxyl groups is 1. The molecule has 5 heteroatoms. The molecule has 5 nitrogen and oxygen atoms in total. The SMILES string of the molecule is COc1ccc(C(=O)N[C@@H]2CCNC[C@H]2O)c(C)c1. The fourth-order valence-corrected chi connectivity index (χ4v) is 2.27. The second kappa shape index (κ2) is 6.04. The molecule has 0 bridgehead atoms. The molecule has 1 aliphatic heterocycles. The molecule has 1 heterocycles. The van der Waals surface area contributed by atoms with Crippen LogP contribution in [0.15, 0.2) is 18.2 Å². The molecule has 1 aromatic rings. The minimum absolute atomic E-state index is 0.147. The van der Waals surface area contributed by atoms with Gasteiger partial charge in [-0.3, -0.25) is 4.79 Å². The highest BCUT2D eigenvalue weighted by molar-refractivity contribution is 5.96. The predicted octanol–water partition coefficient (Wildman–Crippen LogP) is 0.456. The van der Waals surface area contributed by atoms with Crippen LogP contribution in [-0.2, 0) is 0 Å². The minimum Gasteiger partial charge on any atom is -0.497 e. The highest BCUT2D eigenvalue weighted by Gasteiger charge is 2.25. The number of hydrogen-bond acceptors (Lipinski definition) is 4. The largest absolute Gasteiger partial charge is 0.497 e. The number of aliphatic hydroxyl groups excluding tert-OH is 1. The Balaban J connectivity index is 2.07. The van der Waals surface area contributed by atoms with Gasteiger partial charge in [-0.2, -0.15) is 0 Å². The average Bonchev–Trinajstić information content (AvgIpc) is 2.41. The van der Waals surface area contributed by atoms with E-state index in [4.69, 9.17) is 4.74 Å². The van der Waals surface area contributed by atoms with Crippen molar-refractivity contribution < 1.29 is 14.6 Å². The number of β-amino-alcohol motifs (C(OH)–C–C–N with tert-alkyl or cyclic N) is 1. The van der Waals surface area contributed by atoms with Crippen LogP contribution in [0.2, 0.25) is 0 Å². The molecule has 2 atom stereocenters. The first-order valence-corrected chi connectivity index (χ1v) is 6.46. The number of benzene rings is 1. The third-order valence-corrected chi connectivity index (χ3v) is 3.44. The van der Waals surface area contributed by atoms with Gasteiger partial charge in [-0.25, -0.2) is 0 Å². The van der Waals surface area contributed by atoms with E-state index in [9.17, 15) is 9.90 Å². The van der Waals surface area contributed by atoms with Gasteiger partial charge in [0.05, 0.1) is 19.3 Å². The van der Waals surface area contributed by atoms with Gasteiger partial charge >= 0.3 is 0 Å². The summed E-state index contributed by atoms with van der Waals surface area (Å²) in [6.45, 7) is 3.20. The Bertz CT molecular complexity index is 462. The Morgan fingerprint density at radius 3 is 2.95 bits per heavy atom. The number of aryl methyl sites for hydroxylation is 1. The third-order valence-electron chi connectivity index (χ3n) is 3.44. The molecule has 19 heavy (non-hydrogen) atoms. The molecule has 1 aromatic carbocycles. The second-order valence-corrected chi connectivity index (χ2v) is 4.82. The fourth-order valence-electron chi connectivity index (χ4n) is 2.27. The predicted molar refractivity (Wildman–Crippen MR) is 72.5 cm³/mol. The number of rotatable bonds is 3. The zero-order chi connectivity index (χ0) is 13.8. The smallest absolute Gasteiger partial charge is 0.251 e. The van der Waals surface area contributed by atoms with Gasteiger partial charge in [0.2, 0.25) is 0 Å². The summed E-state index contributed by atoms with van der Waals surface area (Å²) in [5.74, 6) is 0.585. The molecule has 3 N–H and O–H groups in total. The van der Waals surface area contributed by atoms with Crippen LogP contribution in [0, 0.1) is 6.92 Å². The van der Waals surface area contributed by atoms with E-state index in [0.29, 0.717) is 12.1 Å². The van der Waals surface area contributed by atoms with Crippen LogP contribution in [0.4, 0.5) is 0 Å². The van der Waals surface area contributed by atoms with Crippen molar-refractivity contribution in [2.75, 3.05) is 20.2 Å². The quantitative estimate of drug-likeness (QED) is 0.741. The first-order chi connectivity index (χ1) is 9.11. The van der Waals surface area contributed by atoms with Crippen molar-refractivity contribution in [2.45, 2.75) is 25.5 Å². The normalized spacial score (nSPS) is 22.9. The molecule has 0 spiro atoms. The summed E-state index contributed by atoms with van der Waals surface area (Å²) in [5.41, 5.74) is 1.48. The minimum atomic E-state index is -0.531. The van der Waals surface area contributed by atoms with Gasteiger partial charge in [0.15, 0.2) is 0 Å². The zero-order valence-electron chi connectivity index (χ0n) is 11.3. The van der Waals surface area contributed by atoms with Crippen LogP contribution in [0.5, 0.6) is 5.75 Å². The van der Waals surface area contributed by atoms with E-state index in [-0.39, 0.29) is 11.9 Å². The zero-order valence-corrected chi connectivity index (χ0v) is 11.3. The first kappa shape index (κ1) is 13.8. The van der Waals surface area contributed by atoms with Crippen LogP contribution in [-0.4, -0.2) is 43.4 Å². The van der Waals surface area contributed by atoms with Crippen molar-refractivity contribution >= 4 is 5.91 Å². The Morgan fingerprint density at radius 2 is 2.32 bits per heavy atom. The van der Waals surface area contributed by atoms with Crippen LogP contribution < -0.4 is 15.4 Å². The molecule has 1 fully saturated rings. The van der Waals surface area contributed by atoms with E-state index in [0.717, 1.165) is 24.3 Å². The maximum Gasteiger partial charge on any atom is 0.251 e. The van der Waals surface area contributed by atoms with E-state index in [2.05, 4.69) is 10.6 Å². The van der Waals surface area contributed by atoms with Crippen molar-refractivity contribution in [3.63, 3.8) is 0 Å². The van der Waals surface area contributed by atoms with Crippen molar-refractivity contribution in [1.82, 2.24) is 10.6 Å². The average molecular weight is 264 g/mol. The van der Waals surface area contributed by atoms with E-state index in [1.165, 1.54) is 0 Å². The number of piperidine rings is 1. The Morgan fingerprint density at radius 1 is 1.53 bits per heavy atom. The van der Waals surface area contributed by atoms with E-state index in [1.807, 2.05) is 13.0 Å². The lowest BCUT2D eigenvalue weighted by atomic mass is 10.0. The van der Waals surface area contributed by atoms with Gasteiger partial charge in [0.25, 0.3) is 5.91 Å². The van der Waals surface area contributed by atoms with Crippen molar-refractivity contribution in [3.8, 4) is 5.75 Å². The van der Waals surface area contributed by atoms with Crippen molar-refractivity contribution in [3.05, 3.63) is 29.3 Å². The number of carbonyl (C=O) groups is 1. The number of nitrogens with one attached hydrogen (secondary N) is 2. The van der Waals surface area contributed by atoms with Crippen molar-refractivity contribution in [1.29, 1.82) is 0 Å². The maximum atomic E-state index is 12.2. The number of carbonyl (C=O) groups excluding carboxylic acids is 1. The molecule has 1 amide bonds. The Hall–Kier alpha value is -1.59.